The number of nitrogens with one attached hydrogen (secondary N) is 1. The van der Waals surface area contributed by atoms with Crippen molar-refractivity contribution in [3.05, 3.63) is 46.4 Å². The van der Waals surface area contributed by atoms with E-state index in [1.807, 2.05) is 0 Å². The second-order valence-corrected chi connectivity index (χ2v) is 4.91. The van der Waals surface area contributed by atoms with Gasteiger partial charge in [0.15, 0.2) is 5.82 Å². The van der Waals surface area contributed by atoms with E-state index in [2.05, 4.69) is 15.5 Å². The van der Waals surface area contributed by atoms with Gasteiger partial charge in [0, 0.05) is 26.9 Å². The maximum absolute atomic E-state index is 12.2. The molecule has 2 heterocycles. The quantitative estimate of drug-likeness (QED) is 0.818. The molecule has 0 aromatic carbocycles. The average molecular weight is 305 g/mol. The van der Waals surface area contributed by atoms with Crippen molar-refractivity contribution in [2.75, 3.05) is 13.7 Å². The SMILES string of the molecule is COCCn1cnnc1C(C)NC(=O)c1cccn(C)c1=O. The molecule has 1 atom stereocenters. The van der Waals surface area contributed by atoms with E-state index in [1.165, 1.54) is 10.6 Å². The van der Waals surface area contributed by atoms with Gasteiger partial charge in [-0.25, -0.2) is 0 Å². The predicted molar refractivity (Wildman–Crippen MR) is 79.5 cm³/mol. The molecule has 1 amide bonds. The van der Waals surface area contributed by atoms with Gasteiger partial charge in [0.25, 0.3) is 11.5 Å². The number of hydrogen-bond acceptors (Lipinski definition) is 5. The summed E-state index contributed by atoms with van der Waals surface area (Å²) in [4.78, 5) is 24.2. The summed E-state index contributed by atoms with van der Waals surface area (Å²) in [6.45, 7) is 2.90. The number of carbonyl (C=O) groups is 1. The number of carbonyl (C=O) groups excluding carboxylic acids is 1. The normalized spacial score (nSPS) is 12.1. The Morgan fingerprint density at radius 1 is 1.50 bits per heavy atom. The fourth-order valence-electron chi connectivity index (χ4n) is 2.07. The van der Waals surface area contributed by atoms with Crippen LogP contribution in [0.2, 0.25) is 0 Å². The van der Waals surface area contributed by atoms with Crippen LogP contribution in [0.15, 0.2) is 29.5 Å². The van der Waals surface area contributed by atoms with Crippen molar-refractivity contribution in [1.29, 1.82) is 0 Å². The number of amides is 1. The molecular weight excluding hydrogens is 286 g/mol. The molecular formula is C14H19N5O3. The highest BCUT2D eigenvalue weighted by Gasteiger charge is 2.18. The lowest BCUT2D eigenvalue weighted by atomic mass is 10.2. The summed E-state index contributed by atoms with van der Waals surface area (Å²) < 4.78 is 8.19. The average Bonchev–Trinajstić information content (AvgIpc) is 2.96. The Morgan fingerprint density at radius 3 is 3.00 bits per heavy atom. The third kappa shape index (κ3) is 3.40. The van der Waals surface area contributed by atoms with Crippen LogP contribution in [0.5, 0.6) is 0 Å². The van der Waals surface area contributed by atoms with Crippen molar-refractivity contribution < 1.29 is 9.53 Å². The summed E-state index contributed by atoms with van der Waals surface area (Å²) in [5, 5.41) is 10.6. The monoisotopic (exact) mass is 305 g/mol. The van der Waals surface area contributed by atoms with Crippen molar-refractivity contribution in [1.82, 2.24) is 24.6 Å². The molecule has 0 bridgehead atoms. The van der Waals surface area contributed by atoms with E-state index in [4.69, 9.17) is 4.74 Å². The van der Waals surface area contributed by atoms with Gasteiger partial charge in [-0.05, 0) is 19.1 Å². The van der Waals surface area contributed by atoms with Gasteiger partial charge in [0.1, 0.15) is 11.9 Å². The van der Waals surface area contributed by atoms with Crippen molar-refractivity contribution in [2.45, 2.75) is 19.5 Å². The zero-order valence-corrected chi connectivity index (χ0v) is 12.8. The number of hydrogen-bond donors (Lipinski definition) is 1. The molecule has 0 aliphatic rings. The third-order valence-electron chi connectivity index (χ3n) is 3.28. The first-order chi connectivity index (χ1) is 10.5. The van der Waals surface area contributed by atoms with E-state index in [0.717, 1.165) is 0 Å². The molecule has 8 nitrogen and oxygen atoms in total. The number of rotatable bonds is 6. The first-order valence-electron chi connectivity index (χ1n) is 6.87. The maximum Gasteiger partial charge on any atom is 0.263 e. The highest BCUT2D eigenvalue weighted by Crippen LogP contribution is 2.09. The molecule has 1 unspecified atom stereocenters. The zero-order chi connectivity index (χ0) is 16.1. The zero-order valence-electron chi connectivity index (χ0n) is 12.8. The minimum absolute atomic E-state index is 0.0970. The third-order valence-corrected chi connectivity index (χ3v) is 3.28. The number of pyridine rings is 1. The fourth-order valence-corrected chi connectivity index (χ4v) is 2.07. The van der Waals surface area contributed by atoms with Crippen LogP contribution in [0.25, 0.3) is 0 Å². The van der Waals surface area contributed by atoms with E-state index >= 15 is 0 Å². The van der Waals surface area contributed by atoms with Crippen molar-refractivity contribution in [3.63, 3.8) is 0 Å². The molecule has 0 saturated carbocycles. The molecule has 0 saturated heterocycles. The number of methoxy groups -OCH3 is 1. The van der Waals surface area contributed by atoms with Crippen molar-refractivity contribution in [2.24, 2.45) is 7.05 Å². The Kier molecular flexibility index (Phi) is 5.05. The molecule has 8 heteroatoms. The molecule has 0 fully saturated rings. The van der Waals surface area contributed by atoms with Crippen LogP contribution < -0.4 is 10.9 Å². The topological polar surface area (TPSA) is 91.0 Å². The van der Waals surface area contributed by atoms with Crippen LogP contribution in [-0.2, 0) is 18.3 Å². The van der Waals surface area contributed by atoms with E-state index in [-0.39, 0.29) is 17.2 Å². The van der Waals surface area contributed by atoms with Crippen LogP contribution >= 0.6 is 0 Å². The number of ether oxygens (including phenoxy) is 1. The van der Waals surface area contributed by atoms with Crippen molar-refractivity contribution >= 4 is 5.91 Å². The minimum atomic E-state index is -0.435. The fraction of sp³-hybridized carbons (Fsp3) is 0.429. The Hall–Kier alpha value is -2.48. The van der Waals surface area contributed by atoms with E-state index in [0.29, 0.717) is 19.0 Å². The molecule has 2 aromatic rings. The summed E-state index contributed by atoms with van der Waals surface area (Å²) in [6.07, 6.45) is 3.18. The molecule has 0 spiro atoms. The standard InChI is InChI=1S/C14H19N5O3/c1-10(12-17-15-9-19(12)7-8-22-3)16-13(20)11-5-4-6-18(2)14(11)21/h4-6,9-10H,7-8H2,1-3H3,(H,16,20). The summed E-state index contributed by atoms with van der Waals surface area (Å²) in [7, 11) is 3.21. The Morgan fingerprint density at radius 2 is 2.27 bits per heavy atom. The van der Waals surface area contributed by atoms with E-state index < -0.39 is 5.91 Å². The van der Waals surface area contributed by atoms with Crippen LogP contribution in [0.4, 0.5) is 0 Å². The van der Waals surface area contributed by atoms with Crippen LogP contribution in [0.3, 0.4) is 0 Å². The van der Waals surface area contributed by atoms with Gasteiger partial charge in [-0.3, -0.25) is 9.59 Å². The predicted octanol–water partition coefficient (Wildman–Crippen LogP) is 0.114. The summed E-state index contributed by atoms with van der Waals surface area (Å²) in [5.74, 6) is 0.174. The largest absolute Gasteiger partial charge is 0.383 e. The highest BCUT2D eigenvalue weighted by molar-refractivity contribution is 5.93. The lowest BCUT2D eigenvalue weighted by molar-refractivity contribution is 0.0935. The van der Waals surface area contributed by atoms with Gasteiger partial charge in [-0.1, -0.05) is 0 Å². The molecule has 118 valence electrons. The number of nitrogens with zero attached hydrogens (tertiary/aromatic N) is 4. The van der Waals surface area contributed by atoms with Crippen molar-refractivity contribution in [3.8, 4) is 0 Å². The first-order valence-corrected chi connectivity index (χ1v) is 6.87. The van der Waals surface area contributed by atoms with Crippen LogP contribution in [0, 0.1) is 0 Å². The van der Waals surface area contributed by atoms with Crippen LogP contribution in [0.1, 0.15) is 29.1 Å². The van der Waals surface area contributed by atoms with Gasteiger partial charge < -0.3 is 19.2 Å². The summed E-state index contributed by atoms with van der Waals surface area (Å²) in [5.41, 5.74) is -0.243. The second-order valence-electron chi connectivity index (χ2n) is 4.91. The highest BCUT2D eigenvalue weighted by atomic mass is 16.5. The Labute approximate surface area is 127 Å². The first kappa shape index (κ1) is 15.9. The van der Waals surface area contributed by atoms with Gasteiger partial charge >= 0.3 is 0 Å². The van der Waals surface area contributed by atoms with E-state index in [9.17, 15) is 9.59 Å². The molecule has 2 aromatic heterocycles. The molecule has 1 N–H and O–H groups in total. The smallest absolute Gasteiger partial charge is 0.263 e. The lowest BCUT2D eigenvalue weighted by Gasteiger charge is -2.14. The van der Waals surface area contributed by atoms with E-state index in [1.54, 1.807) is 44.2 Å². The Balaban J connectivity index is 2.13. The van der Waals surface area contributed by atoms with Gasteiger partial charge in [0.2, 0.25) is 0 Å². The second kappa shape index (κ2) is 6.99. The van der Waals surface area contributed by atoms with Gasteiger partial charge in [0.05, 0.1) is 12.6 Å². The summed E-state index contributed by atoms with van der Waals surface area (Å²) in [6, 6.07) is 2.78. The van der Waals surface area contributed by atoms with Crippen LogP contribution in [-0.4, -0.2) is 39.0 Å². The number of aryl methyl sites for hydroxylation is 1. The molecule has 0 aliphatic carbocycles. The summed E-state index contributed by atoms with van der Waals surface area (Å²) >= 11 is 0. The van der Waals surface area contributed by atoms with Gasteiger partial charge in [-0.2, -0.15) is 0 Å². The minimum Gasteiger partial charge on any atom is -0.383 e. The Bertz CT molecular complexity index is 706. The molecule has 2 rings (SSSR count). The maximum atomic E-state index is 12.2. The lowest BCUT2D eigenvalue weighted by Crippen LogP contribution is -2.34. The molecule has 0 aliphatic heterocycles. The molecule has 0 radical (unpaired) electrons. The molecule has 22 heavy (non-hydrogen) atoms. The number of aromatic nitrogens is 4. The van der Waals surface area contributed by atoms with Gasteiger partial charge in [-0.15, -0.1) is 10.2 Å².